The lowest BCUT2D eigenvalue weighted by Gasteiger charge is -2.03. The summed E-state index contributed by atoms with van der Waals surface area (Å²) in [6, 6.07) is 9.38. The highest BCUT2D eigenvalue weighted by Crippen LogP contribution is 2.18. The average Bonchev–Trinajstić information content (AvgIpc) is 2.91. The molecule has 96 valence electrons. The van der Waals surface area contributed by atoms with Gasteiger partial charge in [-0.3, -0.25) is 4.79 Å². The molecule has 0 saturated carbocycles. The number of carbonyl (C=O) groups is 1. The molecule has 2 aromatic heterocycles. The fourth-order valence-corrected chi connectivity index (χ4v) is 2.23. The third-order valence-electron chi connectivity index (χ3n) is 3.08. The number of carbonyl (C=O) groups excluding carboxylic acids is 1. The van der Waals surface area contributed by atoms with Gasteiger partial charge in [0, 0.05) is 11.9 Å². The predicted octanol–water partition coefficient (Wildman–Crippen LogP) is 2.14. The summed E-state index contributed by atoms with van der Waals surface area (Å²) >= 11 is 0. The van der Waals surface area contributed by atoms with E-state index < -0.39 is 0 Å². The number of para-hydroxylation sites is 2. The van der Waals surface area contributed by atoms with Gasteiger partial charge < -0.3 is 10.7 Å². The number of fused-ring (bicyclic) bond motifs is 1. The number of aryl methyl sites for hydroxylation is 1. The molecule has 0 saturated heterocycles. The number of H-pyrrole nitrogens is 1. The van der Waals surface area contributed by atoms with Gasteiger partial charge in [-0.1, -0.05) is 12.1 Å². The van der Waals surface area contributed by atoms with E-state index in [9.17, 15) is 4.79 Å². The third-order valence-corrected chi connectivity index (χ3v) is 3.08. The molecule has 0 atom stereocenters. The number of aromatic amines is 1. The highest BCUT2D eigenvalue weighted by Gasteiger charge is 2.15. The Hall–Kier alpha value is -2.56. The Morgan fingerprint density at radius 2 is 2.21 bits per heavy atom. The predicted molar refractivity (Wildman–Crippen MR) is 74.0 cm³/mol. The van der Waals surface area contributed by atoms with Crippen LogP contribution in [0.5, 0.6) is 0 Å². The molecule has 0 aliphatic rings. The summed E-state index contributed by atoms with van der Waals surface area (Å²) < 4.78 is 1.47. The van der Waals surface area contributed by atoms with Crippen LogP contribution in [0.2, 0.25) is 0 Å². The van der Waals surface area contributed by atoms with Crippen molar-refractivity contribution in [1.29, 1.82) is 0 Å². The van der Waals surface area contributed by atoms with E-state index in [1.165, 1.54) is 4.57 Å². The van der Waals surface area contributed by atoms with E-state index in [4.69, 9.17) is 5.73 Å². The van der Waals surface area contributed by atoms with Crippen molar-refractivity contribution in [2.24, 2.45) is 0 Å². The van der Waals surface area contributed by atoms with Gasteiger partial charge in [-0.15, -0.1) is 0 Å². The van der Waals surface area contributed by atoms with E-state index in [-0.39, 0.29) is 11.9 Å². The molecule has 3 aromatic rings. The van der Waals surface area contributed by atoms with Gasteiger partial charge in [-0.25, -0.2) is 9.55 Å². The zero-order valence-electron chi connectivity index (χ0n) is 10.6. The summed E-state index contributed by atoms with van der Waals surface area (Å²) in [7, 11) is 0. The number of benzene rings is 1. The minimum Gasteiger partial charge on any atom is -0.369 e. The largest absolute Gasteiger partial charge is 0.369 e. The molecule has 0 bridgehead atoms. The number of anilines is 1. The van der Waals surface area contributed by atoms with Crippen LogP contribution in [0, 0.1) is 6.92 Å². The monoisotopic (exact) mass is 254 g/mol. The van der Waals surface area contributed by atoms with E-state index in [2.05, 4.69) is 9.97 Å². The second-order valence-corrected chi connectivity index (χ2v) is 4.56. The summed E-state index contributed by atoms with van der Waals surface area (Å²) in [6.07, 6.45) is 2.14. The Morgan fingerprint density at radius 3 is 2.95 bits per heavy atom. The summed E-state index contributed by atoms with van der Waals surface area (Å²) in [4.78, 5) is 19.6. The van der Waals surface area contributed by atoms with Crippen molar-refractivity contribution < 1.29 is 4.79 Å². The molecule has 5 heteroatoms. The van der Waals surface area contributed by atoms with E-state index in [1.807, 2.05) is 43.5 Å². The maximum atomic E-state index is 12.3. The van der Waals surface area contributed by atoms with Crippen LogP contribution in [0.1, 0.15) is 16.1 Å². The zero-order chi connectivity index (χ0) is 13.4. The first kappa shape index (κ1) is 11.5. The fraction of sp³-hybridized carbons (Fsp3) is 0.143. The second kappa shape index (κ2) is 4.28. The van der Waals surface area contributed by atoms with E-state index in [0.29, 0.717) is 6.42 Å². The van der Waals surface area contributed by atoms with Gasteiger partial charge in [0.1, 0.15) is 0 Å². The van der Waals surface area contributed by atoms with Gasteiger partial charge in [-0.05, 0) is 30.7 Å². The van der Waals surface area contributed by atoms with Gasteiger partial charge in [0.15, 0.2) is 0 Å². The summed E-state index contributed by atoms with van der Waals surface area (Å²) in [6.45, 7) is 1.95. The van der Waals surface area contributed by atoms with Crippen LogP contribution in [0.4, 0.5) is 5.95 Å². The Balaban J connectivity index is 1.99. The smallest absolute Gasteiger partial charge is 0.238 e. The van der Waals surface area contributed by atoms with Crippen molar-refractivity contribution in [3.63, 3.8) is 0 Å². The molecule has 0 amide bonds. The van der Waals surface area contributed by atoms with Gasteiger partial charge in [0.2, 0.25) is 11.9 Å². The first-order valence-corrected chi connectivity index (χ1v) is 6.05. The topological polar surface area (TPSA) is 76.7 Å². The summed E-state index contributed by atoms with van der Waals surface area (Å²) in [5.74, 6) is 0.156. The number of imidazole rings is 1. The van der Waals surface area contributed by atoms with Crippen LogP contribution in [0.15, 0.2) is 36.5 Å². The van der Waals surface area contributed by atoms with Crippen molar-refractivity contribution in [2.45, 2.75) is 13.3 Å². The van der Waals surface area contributed by atoms with Crippen molar-refractivity contribution in [3.8, 4) is 0 Å². The van der Waals surface area contributed by atoms with Gasteiger partial charge in [-0.2, -0.15) is 0 Å². The molecule has 0 aliphatic carbocycles. The molecule has 5 nitrogen and oxygen atoms in total. The van der Waals surface area contributed by atoms with Crippen LogP contribution in [0.25, 0.3) is 11.0 Å². The molecule has 19 heavy (non-hydrogen) atoms. The Labute approximate surface area is 110 Å². The number of hydrogen-bond acceptors (Lipinski definition) is 3. The van der Waals surface area contributed by atoms with Crippen LogP contribution in [0.3, 0.4) is 0 Å². The number of rotatable bonds is 2. The minimum absolute atomic E-state index is 0.0785. The van der Waals surface area contributed by atoms with Crippen LogP contribution >= 0.6 is 0 Å². The first-order valence-electron chi connectivity index (χ1n) is 6.05. The van der Waals surface area contributed by atoms with Crippen LogP contribution in [-0.4, -0.2) is 20.4 Å². The quantitative estimate of drug-likeness (QED) is 0.735. The molecule has 0 spiro atoms. The molecule has 2 heterocycles. The molecule has 3 rings (SSSR count). The highest BCUT2D eigenvalue weighted by molar-refractivity contribution is 5.94. The summed E-state index contributed by atoms with van der Waals surface area (Å²) in [5, 5.41) is 0. The fourth-order valence-electron chi connectivity index (χ4n) is 2.23. The lowest BCUT2D eigenvalue weighted by Crippen LogP contribution is -2.15. The molecule has 1 aromatic carbocycles. The molecule has 0 unspecified atom stereocenters. The number of nitrogens with one attached hydrogen (secondary N) is 1. The maximum absolute atomic E-state index is 12.3. The molecular formula is C14H14N4O. The first-order chi connectivity index (χ1) is 9.15. The second-order valence-electron chi connectivity index (χ2n) is 4.56. The van der Waals surface area contributed by atoms with Gasteiger partial charge >= 0.3 is 0 Å². The maximum Gasteiger partial charge on any atom is 0.238 e. The summed E-state index contributed by atoms with van der Waals surface area (Å²) in [5.41, 5.74) is 9.30. The minimum atomic E-state index is -0.0785. The Morgan fingerprint density at radius 1 is 1.42 bits per heavy atom. The van der Waals surface area contributed by atoms with Crippen LogP contribution < -0.4 is 5.73 Å². The Kier molecular flexibility index (Phi) is 2.59. The molecule has 0 aliphatic heterocycles. The Bertz CT molecular complexity index is 754. The van der Waals surface area contributed by atoms with E-state index in [1.54, 1.807) is 0 Å². The van der Waals surface area contributed by atoms with Crippen molar-refractivity contribution in [1.82, 2.24) is 14.5 Å². The van der Waals surface area contributed by atoms with Crippen molar-refractivity contribution in [2.75, 3.05) is 5.73 Å². The molecular weight excluding hydrogens is 240 g/mol. The highest BCUT2D eigenvalue weighted by atomic mass is 16.2. The lowest BCUT2D eigenvalue weighted by atomic mass is 10.2. The van der Waals surface area contributed by atoms with Crippen molar-refractivity contribution in [3.05, 3.63) is 47.8 Å². The molecule has 3 N–H and O–H groups in total. The van der Waals surface area contributed by atoms with E-state index >= 15 is 0 Å². The standard InChI is InChI=1S/C14H14N4O/c1-9-6-10(8-16-9)7-13(19)18-12-5-3-2-4-11(12)17-14(18)15/h2-6,8,16H,7H2,1H3,(H2,15,17). The SMILES string of the molecule is Cc1cc(CC(=O)n2c(N)nc3ccccc32)c[nH]1. The number of nitrogens with two attached hydrogens (primary N) is 1. The van der Waals surface area contributed by atoms with Gasteiger partial charge in [0.05, 0.1) is 17.5 Å². The van der Waals surface area contributed by atoms with Gasteiger partial charge in [0.25, 0.3) is 0 Å². The average molecular weight is 254 g/mol. The number of hydrogen-bond donors (Lipinski definition) is 2. The molecule has 0 radical (unpaired) electrons. The lowest BCUT2D eigenvalue weighted by molar-refractivity contribution is 0.0921. The normalized spacial score (nSPS) is 11.0. The van der Waals surface area contributed by atoms with Crippen LogP contribution in [-0.2, 0) is 6.42 Å². The third kappa shape index (κ3) is 1.99. The van der Waals surface area contributed by atoms with E-state index in [0.717, 1.165) is 22.3 Å². The number of nitrogens with zero attached hydrogens (tertiary/aromatic N) is 2. The number of nitrogen functional groups attached to an aromatic ring is 1. The zero-order valence-corrected chi connectivity index (χ0v) is 10.6. The number of aromatic nitrogens is 3. The molecule has 0 fully saturated rings. The van der Waals surface area contributed by atoms with Crippen molar-refractivity contribution >= 4 is 22.9 Å².